The van der Waals surface area contributed by atoms with Crippen LogP contribution in [0.4, 0.5) is 43.4 Å². The van der Waals surface area contributed by atoms with Crippen LogP contribution in [0.3, 0.4) is 0 Å². The van der Waals surface area contributed by atoms with E-state index >= 15 is 0 Å². The molecule has 0 atom stereocenters. The molecule has 0 bridgehead atoms. The predicted octanol–water partition coefficient (Wildman–Crippen LogP) is 3.47. The van der Waals surface area contributed by atoms with Crippen LogP contribution in [0.25, 0.3) is 0 Å². The molecule has 0 saturated carbocycles. The van der Waals surface area contributed by atoms with E-state index < -0.39 is 50.7 Å². The third-order valence-corrected chi connectivity index (χ3v) is 2.35. The maximum Gasteiger partial charge on any atom is 0.448 e. The van der Waals surface area contributed by atoms with E-state index in [1.54, 1.807) is 0 Å². The zero-order chi connectivity index (χ0) is 18.2. The number of nitro groups is 2. The quantitative estimate of drug-likeness (QED) is 0.285. The van der Waals surface area contributed by atoms with Gasteiger partial charge in [-0.15, -0.1) is 0 Å². The van der Waals surface area contributed by atoms with Gasteiger partial charge in [0.25, 0.3) is 11.4 Å². The summed E-state index contributed by atoms with van der Waals surface area (Å²) in [5.41, 5.74) is -6.52. The van der Waals surface area contributed by atoms with Gasteiger partial charge in [-0.3, -0.25) is 25.6 Å². The molecule has 0 aromatic heterocycles. The summed E-state index contributed by atoms with van der Waals surface area (Å²) in [6, 6.07) is -0.335. The second-order valence-corrected chi connectivity index (χ2v) is 3.90. The Morgan fingerprint density at radius 2 is 1.39 bits per heavy atom. The molecule has 2 N–H and O–H groups in total. The highest BCUT2D eigenvalue weighted by Crippen LogP contribution is 2.41. The largest absolute Gasteiger partial charge is 0.448 e. The van der Waals surface area contributed by atoms with E-state index in [1.807, 2.05) is 0 Å². The van der Waals surface area contributed by atoms with Crippen molar-refractivity contribution >= 4 is 22.9 Å². The zero-order valence-corrected chi connectivity index (χ0v) is 10.4. The fourth-order valence-electron chi connectivity index (χ4n) is 1.39. The highest BCUT2D eigenvalue weighted by molar-refractivity contribution is 6.01. The van der Waals surface area contributed by atoms with Gasteiger partial charge in [-0.1, -0.05) is 0 Å². The Kier molecular flexibility index (Phi) is 4.49. The first-order valence-electron chi connectivity index (χ1n) is 5.22. The van der Waals surface area contributed by atoms with Gasteiger partial charge in [0.05, 0.1) is 15.4 Å². The number of halogens is 6. The second kappa shape index (κ2) is 5.69. The Morgan fingerprint density at radius 1 is 1.00 bits per heavy atom. The molecule has 0 aliphatic rings. The van der Waals surface area contributed by atoms with E-state index in [4.69, 9.17) is 5.41 Å². The summed E-state index contributed by atoms with van der Waals surface area (Å²) in [4.78, 5) is 18.4. The maximum atomic E-state index is 12.6. The summed E-state index contributed by atoms with van der Waals surface area (Å²) in [6.07, 6.45) is -10.5. The van der Waals surface area contributed by atoms with Crippen LogP contribution in [0.1, 0.15) is 5.56 Å². The molecule has 0 heterocycles. The van der Waals surface area contributed by atoms with Crippen LogP contribution >= 0.6 is 0 Å². The molecule has 8 nitrogen and oxygen atoms in total. The third-order valence-electron chi connectivity index (χ3n) is 2.35. The van der Waals surface area contributed by atoms with Crippen LogP contribution < -0.4 is 5.32 Å². The first-order chi connectivity index (χ1) is 10.2. The van der Waals surface area contributed by atoms with Crippen LogP contribution in [0.15, 0.2) is 12.1 Å². The Hall–Kier alpha value is -2.93. The Morgan fingerprint density at radius 3 is 1.65 bits per heavy atom. The molecule has 0 aliphatic carbocycles. The topological polar surface area (TPSA) is 122 Å². The predicted molar refractivity (Wildman–Crippen MR) is 62.2 cm³/mol. The van der Waals surface area contributed by atoms with Gasteiger partial charge in [0.2, 0.25) is 5.84 Å². The fourth-order valence-corrected chi connectivity index (χ4v) is 1.39. The monoisotopic (exact) mass is 346 g/mol. The van der Waals surface area contributed by atoms with E-state index in [0.717, 1.165) is 5.32 Å². The van der Waals surface area contributed by atoms with Crippen molar-refractivity contribution < 1.29 is 36.2 Å². The number of alkyl halides is 6. The lowest BCUT2D eigenvalue weighted by atomic mass is 10.1. The third kappa shape index (κ3) is 4.04. The summed E-state index contributed by atoms with van der Waals surface area (Å²) in [6.45, 7) is 0. The summed E-state index contributed by atoms with van der Waals surface area (Å²) in [5, 5.41) is 29.2. The van der Waals surface area contributed by atoms with Crippen molar-refractivity contribution in [1.29, 1.82) is 5.41 Å². The minimum atomic E-state index is -5.34. The first-order valence-corrected chi connectivity index (χ1v) is 5.22. The van der Waals surface area contributed by atoms with Crippen molar-refractivity contribution in [1.82, 2.24) is 0 Å². The molecule has 1 aromatic carbocycles. The number of benzene rings is 1. The lowest BCUT2D eigenvalue weighted by molar-refractivity contribution is -0.392. The highest BCUT2D eigenvalue weighted by atomic mass is 19.4. The number of nitro benzene ring substituents is 2. The Bertz CT molecular complexity index is 649. The SMILES string of the molecule is N=C(Nc1c([N+](=O)[O-])cc(C(F)(F)F)cc1[N+](=O)[O-])C(F)(F)F. The van der Waals surface area contributed by atoms with Crippen molar-refractivity contribution in [2.45, 2.75) is 12.4 Å². The lowest BCUT2D eigenvalue weighted by Gasteiger charge is -2.13. The summed E-state index contributed by atoms with van der Waals surface area (Å²) in [7, 11) is 0. The molecule has 0 radical (unpaired) electrons. The van der Waals surface area contributed by atoms with E-state index in [-0.39, 0.29) is 12.1 Å². The molecular weight excluding hydrogens is 342 g/mol. The Balaban J connectivity index is 3.63. The number of hydrogen-bond donors (Lipinski definition) is 2. The van der Waals surface area contributed by atoms with Crippen molar-refractivity contribution in [3.63, 3.8) is 0 Å². The number of hydrogen-bond acceptors (Lipinski definition) is 5. The average molecular weight is 346 g/mol. The molecule has 14 heteroatoms. The van der Waals surface area contributed by atoms with E-state index in [2.05, 4.69) is 0 Å². The average Bonchev–Trinajstić information content (AvgIpc) is 2.35. The molecule has 126 valence electrons. The standard InChI is InChI=1S/C9H4F6N4O4/c10-8(11,12)3-1-4(18(20)21)6(5(2-3)19(22)23)17-7(16)9(13,14)15/h1-2H,(H2,16,17). The molecule has 0 unspecified atom stereocenters. The smallest absolute Gasteiger partial charge is 0.325 e. The van der Waals surface area contributed by atoms with Crippen LogP contribution in [0.5, 0.6) is 0 Å². The molecule has 23 heavy (non-hydrogen) atoms. The van der Waals surface area contributed by atoms with Gasteiger partial charge in [0, 0.05) is 12.1 Å². The van der Waals surface area contributed by atoms with Gasteiger partial charge < -0.3 is 5.32 Å². The normalized spacial score (nSPS) is 11.9. The molecule has 0 spiro atoms. The molecule has 0 aliphatic heterocycles. The Labute approximate surface area is 121 Å². The number of nitrogens with one attached hydrogen (secondary N) is 2. The lowest BCUT2D eigenvalue weighted by Crippen LogP contribution is -2.30. The molecule has 1 aromatic rings. The highest BCUT2D eigenvalue weighted by Gasteiger charge is 2.41. The van der Waals surface area contributed by atoms with Gasteiger partial charge in [-0.2, -0.15) is 26.3 Å². The van der Waals surface area contributed by atoms with E-state index in [9.17, 15) is 46.6 Å². The number of rotatable bonds is 3. The minimum absolute atomic E-state index is 0.168. The second-order valence-electron chi connectivity index (χ2n) is 3.90. The van der Waals surface area contributed by atoms with Crippen molar-refractivity contribution in [2.75, 3.05) is 5.32 Å². The minimum Gasteiger partial charge on any atom is -0.325 e. The van der Waals surface area contributed by atoms with Gasteiger partial charge in [0.15, 0.2) is 5.69 Å². The van der Waals surface area contributed by atoms with E-state index in [1.165, 1.54) is 0 Å². The van der Waals surface area contributed by atoms with Crippen molar-refractivity contribution in [3.8, 4) is 0 Å². The van der Waals surface area contributed by atoms with Gasteiger partial charge in [-0.05, 0) is 0 Å². The molecule has 0 fully saturated rings. The maximum absolute atomic E-state index is 12.6. The van der Waals surface area contributed by atoms with Gasteiger partial charge in [-0.25, -0.2) is 0 Å². The summed E-state index contributed by atoms with van der Waals surface area (Å²) >= 11 is 0. The van der Waals surface area contributed by atoms with Crippen LogP contribution in [-0.2, 0) is 6.18 Å². The van der Waals surface area contributed by atoms with Crippen LogP contribution in [-0.4, -0.2) is 21.9 Å². The number of anilines is 1. The van der Waals surface area contributed by atoms with Crippen molar-refractivity contribution in [3.05, 3.63) is 37.9 Å². The molecule has 0 amide bonds. The number of nitrogens with zero attached hydrogens (tertiary/aromatic N) is 2. The van der Waals surface area contributed by atoms with Gasteiger partial charge in [0.1, 0.15) is 0 Å². The molecular formula is C9H4F6N4O4. The van der Waals surface area contributed by atoms with Crippen LogP contribution in [0.2, 0.25) is 0 Å². The zero-order valence-electron chi connectivity index (χ0n) is 10.4. The first kappa shape index (κ1) is 18.1. The van der Waals surface area contributed by atoms with E-state index in [0.29, 0.717) is 0 Å². The molecule has 1 rings (SSSR count). The summed E-state index contributed by atoms with van der Waals surface area (Å²) in [5.74, 6) is -2.32. The van der Waals surface area contributed by atoms with Crippen LogP contribution in [0, 0.1) is 25.6 Å². The molecule has 0 saturated heterocycles. The number of amidine groups is 1. The summed E-state index contributed by atoms with van der Waals surface area (Å²) < 4.78 is 74.5. The van der Waals surface area contributed by atoms with Gasteiger partial charge >= 0.3 is 12.4 Å². The fraction of sp³-hybridized carbons (Fsp3) is 0.222. The van der Waals surface area contributed by atoms with Crippen molar-refractivity contribution in [2.24, 2.45) is 0 Å².